The van der Waals surface area contributed by atoms with Crippen LogP contribution < -0.4 is 5.32 Å². The summed E-state index contributed by atoms with van der Waals surface area (Å²) in [4.78, 5) is 2.48. The van der Waals surface area contributed by atoms with E-state index in [0.29, 0.717) is 0 Å². The molecule has 1 aliphatic carbocycles. The number of allylic oxidation sites excluding steroid dienone is 1. The van der Waals surface area contributed by atoms with Gasteiger partial charge in [-0.25, -0.2) is 0 Å². The average molecular weight is 674 g/mol. The second kappa shape index (κ2) is 13.3. The van der Waals surface area contributed by atoms with Gasteiger partial charge in [-0.15, -0.1) is 0 Å². The molecule has 0 fully saturated rings. The van der Waals surface area contributed by atoms with Gasteiger partial charge in [0.25, 0.3) is 0 Å². The lowest BCUT2D eigenvalue weighted by Crippen LogP contribution is -2.41. The van der Waals surface area contributed by atoms with Gasteiger partial charge in [-0.1, -0.05) is 153 Å². The molecule has 2 aliphatic rings. The predicted octanol–water partition coefficient (Wildman–Crippen LogP) is 12.4. The van der Waals surface area contributed by atoms with E-state index >= 15 is 0 Å². The van der Waals surface area contributed by atoms with Gasteiger partial charge in [0.05, 0.1) is 22.8 Å². The smallest absolute Gasteiger partial charge is 0.106 e. The Kier molecular flexibility index (Phi) is 8.22. The summed E-state index contributed by atoms with van der Waals surface area (Å²) in [5.41, 5.74) is 11.4. The zero-order chi connectivity index (χ0) is 35.2. The monoisotopic (exact) mass is 673 g/mol. The Morgan fingerprint density at radius 1 is 0.615 bits per heavy atom. The van der Waals surface area contributed by atoms with Crippen LogP contribution in [0.3, 0.4) is 0 Å². The van der Waals surface area contributed by atoms with E-state index in [9.17, 15) is 0 Å². The van der Waals surface area contributed by atoms with Gasteiger partial charge in [-0.05, 0) is 88.0 Å². The summed E-state index contributed by atoms with van der Waals surface area (Å²) in [6.45, 7) is 4.00. The molecular weight excluding hydrogens is 631 g/mol. The van der Waals surface area contributed by atoms with E-state index in [1.54, 1.807) is 0 Å². The molecule has 1 aromatic heterocycles. The third kappa shape index (κ3) is 5.23. The maximum absolute atomic E-state index is 4.00. The fraction of sp³-hybridized carbons (Fsp3) is 0.143. The SMILES string of the molecule is CC.CN1C(c2ccccc2)C=C(c2ccccc2)NC1c1cc2c(c(-n3c4ccc5ccccc5c4c4c5ccccc5ccc43)c1)C=CCC2. The quantitative estimate of drug-likeness (QED) is 0.201. The fourth-order valence-corrected chi connectivity index (χ4v) is 8.54. The minimum absolute atomic E-state index is 0.0369. The van der Waals surface area contributed by atoms with E-state index < -0.39 is 0 Å². The number of aromatic nitrogens is 1. The standard InChI is InChI=1S/C47H37N3.C2H6/c1-49-43(34-18-6-3-7-19-34)30-40(33-16-4-2-5-17-33)48-47(49)36-28-35-20-10-11-21-37(35)44(29-36)50-41-26-24-31-14-8-12-22-38(31)45(41)46-39-23-13-9-15-32(39)25-27-42(46)50;1-2/h2-9,11-19,21-30,43,47-48H,10,20H2,1H3;1-2H3. The van der Waals surface area contributed by atoms with E-state index in [1.165, 1.54) is 76.9 Å². The van der Waals surface area contributed by atoms with Gasteiger partial charge >= 0.3 is 0 Å². The first-order chi connectivity index (χ1) is 25.7. The first kappa shape index (κ1) is 32.0. The highest BCUT2D eigenvalue weighted by Crippen LogP contribution is 2.44. The van der Waals surface area contributed by atoms with Crippen LogP contribution in [0, 0.1) is 0 Å². The molecule has 3 nitrogen and oxygen atoms in total. The molecule has 2 heterocycles. The zero-order valence-electron chi connectivity index (χ0n) is 30.1. The molecule has 0 spiro atoms. The first-order valence-electron chi connectivity index (χ1n) is 18.7. The van der Waals surface area contributed by atoms with Crippen molar-refractivity contribution in [2.24, 2.45) is 0 Å². The van der Waals surface area contributed by atoms with E-state index in [1.807, 2.05) is 13.8 Å². The Morgan fingerprint density at radius 3 is 1.87 bits per heavy atom. The molecule has 2 atom stereocenters. The van der Waals surface area contributed by atoms with Crippen LogP contribution in [0.15, 0.2) is 158 Å². The van der Waals surface area contributed by atoms with Crippen molar-refractivity contribution in [3.05, 3.63) is 186 Å². The normalized spacial score (nSPS) is 17.1. The van der Waals surface area contributed by atoms with Gasteiger partial charge in [0.15, 0.2) is 0 Å². The van der Waals surface area contributed by atoms with E-state index in [0.717, 1.165) is 18.5 Å². The molecule has 0 saturated carbocycles. The molecule has 3 heteroatoms. The number of hydrogen-bond donors (Lipinski definition) is 1. The third-order valence-corrected chi connectivity index (χ3v) is 10.9. The number of hydrogen-bond acceptors (Lipinski definition) is 2. The number of aryl methyl sites for hydroxylation is 1. The number of fused-ring (bicyclic) bond motifs is 8. The van der Waals surface area contributed by atoms with E-state index in [-0.39, 0.29) is 12.2 Å². The molecule has 52 heavy (non-hydrogen) atoms. The van der Waals surface area contributed by atoms with Gasteiger partial charge in [0.1, 0.15) is 6.17 Å². The summed E-state index contributed by atoms with van der Waals surface area (Å²) in [7, 11) is 2.26. The molecule has 0 bridgehead atoms. The number of likely N-dealkylation sites (N-methyl/N-ethyl adjacent to an activating group) is 1. The van der Waals surface area contributed by atoms with Crippen molar-refractivity contribution in [1.82, 2.24) is 14.8 Å². The lowest BCUT2D eigenvalue weighted by Gasteiger charge is -2.41. The Morgan fingerprint density at radius 2 is 1.21 bits per heavy atom. The molecule has 0 radical (unpaired) electrons. The molecule has 10 rings (SSSR count). The summed E-state index contributed by atoms with van der Waals surface area (Å²) in [6.07, 6.45) is 9.12. The van der Waals surface area contributed by atoms with E-state index in [4.69, 9.17) is 0 Å². The van der Waals surface area contributed by atoms with Crippen molar-refractivity contribution < 1.29 is 0 Å². The van der Waals surface area contributed by atoms with Crippen LogP contribution in [0.2, 0.25) is 0 Å². The Hall–Kier alpha value is -5.90. The van der Waals surface area contributed by atoms with Crippen LogP contribution in [-0.4, -0.2) is 16.5 Å². The van der Waals surface area contributed by atoms with Crippen molar-refractivity contribution in [1.29, 1.82) is 0 Å². The molecule has 8 aromatic rings. The number of nitrogens with zero attached hydrogens (tertiary/aromatic N) is 2. The molecule has 0 amide bonds. The van der Waals surface area contributed by atoms with Crippen molar-refractivity contribution in [3.63, 3.8) is 0 Å². The Balaban J connectivity index is 0.00000177. The minimum Gasteiger partial charge on any atom is -0.366 e. The highest BCUT2D eigenvalue weighted by atomic mass is 15.3. The molecule has 1 N–H and O–H groups in total. The highest BCUT2D eigenvalue weighted by molar-refractivity contribution is 6.28. The summed E-state index contributed by atoms with van der Waals surface area (Å²) in [6, 6.07) is 53.6. The van der Waals surface area contributed by atoms with Gasteiger partial charge < -0.3 is 9.88 Å². The predicted molar refractivity (Wildman–Crippen MR) is 222 cm³/mol. The summed E-state index contributed by atoms with van der Waals surface area (Å²) in [5.74, 6) is 0. The maximum Gasteiger partial charge on any atom is 0.106 e. The van der Waals surface area contributed by atoms with Gasteiger partial charge in [0, 0.05) is 22.0 Å². The molecule has 0 saturated heterocycles. The van der Waals surface area contributed by atoms with Crippen molar-refractivity contribution in [3.8, 4) is 5.69 Å². The van der Waals surface area contributed by atoms with Gasteiger partial charge in [0.2, 0.25) is 0 Å². The fourth-order valence-electron chi connectivity index (χ4n) is 8.54. The Bertz CT molecular complexity index is 2550. The van der Waals surface area contributed by atoms with E-state index in [2.05, 4.69) is 186 Å². The number of rotatable bonds is 4. The molecule has 254 valence electrons. The minimum atomic E-state index is -0.0369. The maximum atomic E-state index is 4.00. The van der Waals surface area contributed by atoms with Crippen LogP contribution in [0.1, 0.15) is 60.3 Å². The van der Waals surface area contributed by atoms with Crippen LogP contribution in [0.5, 0.6) is 0 Å². The second-order valence-corrected chi connectivity index (χ2v) is 13.8. The van der Waals surface area contributed by atoms with Crippen LogP contribution >= 0.6 is 0 Å². The van der Waals surface area contributed by atoms with Gasteiger partial charge in [-0.3, -0.25) is 4.90 Å². The van der Waals surface area contributed by atoms with Crippen molar-refractivity contribution in [2.45, 2.75) is 38.9 Å². The molecule has 2 unspecified atom stereocenters. The first-order valence-corrected chi connectivity index (χ1v) is 18.7. The summed E-state index contributed by atoms with van der Waals surface area (Å²) < 4.78 is 2.55. The largest absolute Gasteiger partial charge is 0.366 e. The Labute approximate surface area is 306 Å². The zero-order valence-corrected chi connectivity index (χ0v) is 30.1. The number of nitrogens with one attached hydrogen (secondary N) is 1. The van der Waals surface area contributed by atoms with Crippen molar-refractivity contribution in [2.75, 3.05) is 7.05 Å². The molecule has 7 aromatic carbocycles. The van der Waals surface area contributed by atoms with Crippen LogP contribution in [-0.2, 0) is 6.42 Å². The number of benzene rings is 7. The lowest BCUT2D eigenvalue weighted by atomic mass is 9.90. The topological polar surface area (TPSA) is 20.2 Å². The highest BCUT2D eigenvalue weighted by Gasteiger charge is 2.31. The average Bonchev–Trinajstić information content (AvgIpc) is 3.57. The summed E-state index contributed by atoms with van der Waals surface area (Å²) >= 11 is 0. The second-order valence-electron chi connectivity index (χ2n) is 13.8. The molecular formula is C49H43N3. The van der Waals surface area contributed by atoms with Crippen LogP contribution in [0.25, 0.3) is 60.8 Å². The molecule has 1 aliphatic heterocycles. The third-order valence-electron chi connectivity index (χ3n) is 10.9. The summed E-state index contributed by atoms with van der Waals surface area (Å²) in [5, 5.41) is 11.8. The van der Waals surface area contributed by atoms with Crippen molar-refractivity contribution >= 4 is 55.1 Å². The lowest BCUT2D eigenvalue weighted by molar-refractivity contribution is 0.176. The van der Waals surface area contributed by atoms with Crippen LogP contribution in [0.4, 0.5) is 0 Å². The van der Waals surface area contributed by atoms with Gasteiger partial charge in [-0.2, -0.15) is 0 Å².